The number of aromatic nitrogens is 1. The van der Waals surface area contributed by atoms with Crippen LogP contribution in [0.15, 0.2) is 36.5 Å². The summed E-state index contributed by atoms with van der Waals surface area (Å²) in [6, 6.07) is 9.70. The van der Waals surface area contributed by atoms with Gasteiger partial charge in [0.2, 0.25) is 0 Å². The Bertz CT molecular complexity index is 652. The van der Waals surface area contributed by atoms with E-state index in [9.17, 15) is 4.79 Å². The second kappa shape index (κ2) is 5.33. The summed E-state index contributed by atoms with van der Waals surface area (Å²) in [6.07, 6.45) is 5.09. The second-order valence-electron chi connectivity index (χ2n) is 4.97. The minimum absolute atomic E-state index is 0.181. The van der Waals surface area contributed by atoms with E-state index in [0.29, 0.717) is 5.69 Å². The van der Waals surface area contributed by atoms with Gasteiger partial charge < -0.3 is 10.6 Å². The number of carbonyl (C=O) groups is 1. The van der Waals surface area contributed by atoms with Crippen LogP contribution in [-0.2, 0) is 12.8 Å². The highest BCUT2D eigenvalue weighted by molar-refractivity contribution is 6.03. The third kappa shape index (κ3) is 2.50. The number of hydrogen-bond donors (Lipinski definition) is 2. The highest BCUT2D eigenvalue weighted by atomic mass is 16.1. The summed E-state index contributed by atoms with van der Waals surface area (Å²) in [5.74, 6) is -0.181. The van der Waals surface area contributed by atoms with Crippen LogP contribution in [0.25, 0.3) is 0 Å². The van der Waals surface area contributed by atoms with Gasteiger partial charge in [-0.3, -0.25) is 9.78 Å². The zero-order valence-corrected chi connectivity index (χ0v) is 11.4. The molecular weight excluding hydrogens is 250 g/mol. The number of nitrogens with zero attached hydrogens (tertiary/aromatic N) is 1. The Morgan fingerprint density at radius 2 is 1.95 bits per heavy atom. The van der Waals surface area contributed by atoms with Gasteiger partial charge in [0.25, 0.3) is 5.91 Å². The van der Waals surface area contributed by atoms with Gasteiger partial charge in [0.15, 0.2) is 0 Å². The maximum atomic E-state index is 12.2. The lowest BCUT2D eigenvalue weighted by atomic mass is 10.1. The van der Waals surface area contributed by atoms with Gasteiger partial charge in [0, 0.05) is 24.6 Å². The summed E-state index contributed by atoms with van der Waals surface area (Å²) < 4.78 is 0. The molecule has 20 heavy (non-hydrogen) atoms. The number of fused-ring (bicyclic) bond motifs is 1. The predicted molar refractivity (Wildman–Crippen MR) is 80.2 cm³/mol. The first-order valence-electron chi connectivity index (χ1n) is 6.83. The number of rotatable bonds is 3. The molecule has 0 saturated heterocycles. The van der Waals surface area contributed by atoms with E-state index >= 15 is 0 Å². The smallest absolute Gasteiger partial charge is 0.274 e. The van der Waals surface area contributed by atoms with Crippen LogP contribution in [0, 0.1) is 0 Å². The Morgan fingerprint density at radius 3 is 2.80 bits per heavy atom. The van der Waals surface area contributed by atoms with E-state index in [1.54, 1.807) is 12.3 Å². The van der Waals surface area contributed by atoms with Gasteiger partial charge >= 0.3 is 0 Å². The molecule has 2 aromatic rings. The fourth-order valence-corrected chi connectivity index (χ4v) is 2.55. The minimum atomic E-state index is -0.181. The first kappa shape index (κ1) is 12.7. The van der Waals surface area contributed by atoms with Crippen LogP contribution in [-0.4, -0.2) is 17.9 Å². The number of amides is 1. The monoisotopic (exact) mass is 267 g/mol. The molecule has 1 amide bonds. The molecule has 1 heterocycles. The number of carbonyl (C=O) groups excluding carboxylic acids is 1. The molecule has 0 bridgehead atoms. The molecule has 0 radical (unpaired) electrons. The Hall–Kier alpha value is -2.36. The molecule has 0 spiro atoms. The fraction of sp³-hybridized carbons (Fsp3) is 0.250. The lowest BCUT2D eigenvalue weighted by Gasteiger charge is -2.08. The third-order valence-corrected chi connectivity index (χ3v) is 3.64. The van der Waals surface area contributed by atoms with E-state index in [2.05, 4.69) is 27.8 Å². The van der Waals surface area contributed by atoms with Gasteiger partial charge in [-0.2, -0.15) is 0 Å². The highest BCUT2D eigenvalue weighted by Crippen LogP contribution is 2.25. The molecule has 1 aromatic heterocycles. The molecular formula is C16H17N3O. The van der Waals surface area contributed by atoms with Crippen molar-refractivity contribution in [3.63, 3.8) is 0 Å². The largest absolute Gasteiger partial charge is 0.388 e. The zero-order valence-electron chi connectivity index (χ0n) is 11.4. The average molecular weight is 267 g/mol. The van der Waals surface area contributed by atoms with Crippen molar-refractivity contribution in [1.29, 1.82) is 0 Å². The minimum Gasteiger partial charge on any atom is -0.388 e. The van der Waals surface area contributed by atoms with Crippen molar-refractivity contribution in [2.24, 2.45) is 0 Å². The predicted octanol–water partition coefficient (Wildman–Crippen LogP) is 2.86. The summed E-state index contributed by atoms with van der Waals surface area (Å²) in [5.41, 5.74) is 4.88. The van der Waals surface area contributed by atoms with Gasteiger partial charge in [-0.1, -0.05) is 6.07 Å². The van der Waals surface area contributed by atoms with E-state index < -0.39 is 0 Å². The van der Waals surface area contributed by atoms with E-state index in [4.69, 9.17) is 0 Å². The molecule has 0 aliphatic heterocycles. The molecule has 0 saturated carbocycles. The van der Waals surface area contributed by atoms with Crippen molar-refractivity contribution < 1.29 is 4.79 Å². The molecule has 1 aliphatic rings. The molecule has 3 rings (SSSR count). The topological polar surface area (TPSA) is 54.0 Å². The molecule has 1 aromatic carbocycles. The number of nitrogens with one attached hydrogen (secondary N) is 2. The molecule has 1 aliphatic carbocycles. The number of pyridine rings is 1. The zero-order chi connectivity index (χ0) is 13.9. The molecule has 102 valence electrons. The van der Waals surface area contributed by atoms with Gasteiger partial charge in [0.05, 0.1) is 0 Å². The average Bonchev–Trinajstić information content (AvgIpc) is 2.95. The third-order valence-electron chi connectivity index (χ3n) is 3.64. The summed E-state index contributed by atoms with van der Waals surface area (Å²) >= 11 is 0. The van der Waals surface area contributed by atoms with E-state index in [0.717, 1.165) is 24.2 Å². The van der Waals surface area contributed by atoms with Crippen molar-refractivity contribution in [1.82, 2.24) is 4.98 Å². The Balaban J connectivity index is 1.78. The quantitative estimate of drug-likeness (QED) is 0.899. The van der Waals surface area contributed by atoms with Crippen LogP contribution in [0.2, 0.25) is 0 Å². The Kier molecular flexibility index (Phi) is 3.37. The van der Waals surface area contributed by atoms with E-state index in [1.165, 1.54) is 17.5 Å². The van der Waals surface area contributed by atoms with Crippen LogP contribution in [0.3, 0.4) is 0 Å². The van der Waals surface area contributed by atoms with Crippen molar-refractivity contribution in [2.45, 2.75) is 19.3 Å². The number of hydrogen-bond acceptors (Lipinski definition) is 3. The van der Waals surface area contributed by atoms with Gasteiger partial charge in [-0.25, -0.2) is 0 Å². The van der Waals surface area contributed by atoms with E-state index in [-0.39, 0.29) is 5.91 Å². The fourth-order valence-electron chi connectivity index (χ4n) is 2.55. The van der Waals surface area contributed by atoms with Gasteiger partial charge in [0.1, 0.15) is 5.69 Å². The van der Waals surface area contributed by atoms with E-state index in [1.807, 2.05) is 19.2 Å². The van der Waals surface area contributed by atoms with Gasteiger partial charge in [-0.15, -0.1) is 0 Å². The second-order valence-corrected chi connectivity index (χ2v) is 4.97. The van der Waals surface area contributed by atoms with Crippen LogP contribution in [0.1, 0.15) is 28.0 Å². The molecule has 0 unspecified atom stereocenters. The highest BCUT2D eigenvalue weighted by Gasteiger charge is 2.13. The lowest BCUT2D eigenvalue weighted by molar-refractivity contribution is 0.102. The molecule has 0 fully saturated rings. The maximum Gasteiger partial charge on any atom is 0.274 e. The molecule has 4 heteroatoms. The van der Waals surface area contributed by atoms with Crippen LogP contribution >= 0.6 is 0 Å². The molecule has 2 N–H and O–H groups in total. The molecule has 4 nitrogen and oxygen atoms in total. The van der Waals surface area contributed by atoms with Crippen LogP contribution in [0.5, 0.6) is 0 Å². The van der Waals surface area contributed by atoms with Crippen molar-refractivity contribution in [3.05, 3.63) is 53.3 Å². The van der Waals surface area contributed by atoms with Crippen molar-refractivity contribution >= 4 is 17.3 Å². The van der Waals surface area contributed by atoms with Crippen LogP contribution in [0.4, 0.5) is 11.4 Å². The Morgan fingerprint density at radius 1 is 1.10 bits per heavy atom. The maximum absolute atomic E-state index is 12.2. The first-order chi connectivity index (χ1) is 9.76. The normalized spacial score (nSPS) is 12.8. The number of benzene rings is 1. The Labute approximate surface area is 118 Å². The lowest BCUT2D eigenvalue weighted by Crippen LogP contribution is -2.14. The summed E-state index contributed by atoms with van der Waals surface area (Å²) in [5, 5.41) is 5.91. The standard InChI is InChI=1S/C16H17N3O/c1-17-13-7-8-18-15(10-13)16(20)19-14-6-5-11-3-2-4-12(11)9-14/h5-10H,2-4H2,1H3,(H,17,18)(H,19,20). The summed E-state index contributed by atoms with van der Waals surface area (Å²) in [6.45, 7) is 0. The summed E-state index contributed by atoms with van der Waals surface area (Å²) in [4.78, 5) is 16.3. The number of anilines is 2. The molecule has 0 atom stereocenters. The van der Waals surface area contributed by atoms with Crippen molar-refractivity contribution in [2.75, 3.05) is 17.7 Å². The van der Waals surface area contributed by atoms with Crippen LogP contribution < -0.4 is 10.6 Å². The van der Waals surface area contributed by atoms with Gasteiger partial charge in [-0.05, 0) is 54.7 Å². The summed E-state index contributed by atoms with van der Waals surface area (Å²) in [7, 11) is 1.82. The SMILES string of the molecule is CNc1ccnc(C(=O)Nc2ccc3c(c2)CCC3)c1. The first-order valence-corrected chi connectivity index (χ1v) is 6.83. The van der Waals surface area contributed by atoms with Crippen molar-refractivity contribution in [3.8, 4) is 0 Å². The number of aryl methyl sites for hydroxylation is 2.